The number of hydrogen-bond acceptors (Lipinski definition) is 6. The number of rotatable bonds is 5. The highest BCUT2D eigenvalue weighted by Gasteiger charge is 2.29. The summed E-state index contributed by atoms with van der Waals surface area (Å²) in [6.45, 7) is 2.67. The van der Waals surface area contributed by atoms with Crippen LogP contribution < -0.4 is 5.32 Å². The van der Waals surface area contributed by atoms with Crippen LogP contribution in [0.4, 0.5) is 5.82 Å². The number of fused-ring (bicyclic) bond motifs is 1. The third kappa shape index (κ3) is 4.19. The fourth-order valence-electron chi connectivity index (χ4n) is 4.76. The second-order valence-electron chi connectivity index (χ2n) is 8.09. The van der Waals surface area contributed by atoms with Crippen LogP contribution in [0.5, 0.6) is 0 Å². The predicted molar refractivity (Wildman–Crippen MR) is 112 cm³/mol. The van der Waals surface area contributed by atoms with Crippen molar-refractivity contribution in [2.45, 2.75) is 57.0 Å². The molecule has 1 unspecified atom stereocenters. The van der Waals surface area contributed by atoms with Crippen molar-refractivity contribution in [2.75, 3.05) is 25.0 Å². The summed E-state index contributed by atoms with van der Waals surface area (Å²) in [7, 11) is 0. The number of nitrogens with one attached hydrogen (secondary N) is 1. The Bertz CT molecular complexity index is 852. The molecule has 0 radical (unpaired) electrons. The highest BCUT2D eigenvalue weighted by Crippen LogP contribution is 2.34. The van der Waals surface area contributed by atoms with Gasteiger partial charge in [-0.2, -0.15) is 5.26 Å². The highest BCUT2D eigenvalue weighted by molar-refractivity contribution is 9.10. The van der Waals surface area contributed by atoms with E-state index in [0.717, 1.165) is 41.5 Å². The number of aliphatic hydroxyl groups is 1. The van der Waals surface area contributed by atoms with Crippen LogP contribution in [0.15, 0.2) is 21.2 Å². The van der Waals surface area contributed by atoms with E-state index in [4.69, 9.17) is 9.68 Å². The summed E-state index contributed by atoms with van der Waals surface area (Å²) in [5, 5.41) is 22.7. The maximum absolute atomic E-state index is 9.24. The zero-order valence-electron chi connectivity index (χ0n) is 16.0. The number of aromatic nitrogens is 1. The molecule has 0 aromatic carbocycles. The molecule has 2 N–H and O–H groups in total. The van der Waals surface area contributed by atoms with Crippen LogP contribution in [-0.2, 0) is 0 Å². The Hall–Kier alpha value is -1.62. The van der Waals surface area contributed by atoms with Crippen molar-refractivity contribution < 1.29 is 9.52 Å². The summed E-state index contributed by atoms with van der Waals surface area (Å²) in [4.78, 5) is 7.15. The minimum Gasteiger partial charge on any atom is -0.444 e. The van der Waals surface area contributed by atoms with Gasteiger partial charge in [0.2, 0.25) is 5.76 Å². The van der Waals surface area contributed by atoms with Crippen molar-refractivity contribution in [3.8, 4) is 6.07 Å². The zero-order valence-corrected chi connectivity index (χ0v) is 17.6. The molecule has 2 aromatic rings. The minimum atomic E-state index is 0.302. The Labute approximate surface area is 174 Å². The lowest BCUT2D eigenvalue weighted by molar-refractivity contribution is 0.0857. The molecule has 1 atom stereocenters. The molecule has 0 spiro atoms. The molecule has 0 amide bonds. The molecular formula is C21H27BrN4O2. The number of pyridine rings is 1. The van der Waals surface area contributed by atoms with Gasteiger partial charge in [-0.05, 0) is 73.3 Å². The standard InChI is InChI=1S/C21H27BrN4O2/c22-20-18-10-17(11-23)28-19(18)12-24-21(20)25-15-3-5-16(6-4-15)26-8-1-2-14(13-26)7-9-27/h10,12,14-16,27H,1-9,13H2,(H,24,25). The largest absolute Gasteiger partial charge is 0.444 e. The first kappa shape index (κ1) is 19.7. The maximum atomic E-state index is 9.24. The van der Waals surface area contributed by atoms with E-state index in [1.807, 2.05) is 6.07 Å². The Morgan fingerprint density at radius 3 is 2.89 bits per heavy atom. The average Bonchev–Trinajstić information content (AvgIpc) is 3.16. The third-order valence-corrected chi connectivity index (χ3v) is 7.07. The van der Waals surface area contributed by atoms with E-state index in [-0.39, 0.29) is 0 Å². The van der Waals surface area contributed by atoms with Gasteiger partial charge in [-0.1, -0.05) is 0 Å². The van der Waals surface area contributed by atoms with E-state index >= 15 is 0 Å². The van der Waals surface area contributed by atoms with Crippen molar-refractivity contribution in [1.82, 2.24) is 9.88 Å². The summed E-state index contributed by atoms with van der Waals surface area (Å²) >= 11 is 3.62. The van der Waals surface area contributed by atoms with Gasteiger partial charge in [0.05, 0.1) is 10.7 Å². The number of furan rings is 1. The molecule has 2 aromatic heterocycles. The van der Waals surface area contributed by atoms with E-state index in [1.165, 1.54) is 32.2 Å². The molecule has 28 heavy (non-hydrogen) atoms. The van der Waals surface area contributed by atoms with Crippen LogP contribution >= 0.6 is 15.9 Å². The van der Waals surface area contributed by atoms with Gasteiger partial charge in [0.1, 0.15) is 11.9 Å². The highest BCUT2D eigenvalue weighted by atomic mass is 79.9. The molecule has 1 aliphatic carbocycles. The lowest BCUT2D eigenvalue weighted by Crippen LogP contribution is -2.45. The number of nitriles is 1. The van der Waals surface area contributed by atoms with Gasteiger partial charge in [0.15, 0.2) is 5.58 Å². The molecule has 6 nitrogen and oxygen atoms in total. The van der Waals surface area contributed by atoms with Gasteiger partial charge in [0.25, 0.3) is 0 Å². The normalized spacial score (nSPS) is 26.2. The summed E-state index contributed by atoms with van der Waals surface area (Å²) in [6, 6.07) is 4.88. The Balaban J connectivity index is 1.35. The van der Waals surface area contributed by atoms with Crippen molar-refractivity contribution in [1.29, 1.82) is 5.26 Å². The smallest absolute Gasteiger partial charge is 0.204 e. The summed E-state index contributed by atoms with van der Waals surface area (Å²) in [5.74, 6) is 1.79. The molecule has 0 bridgehead atoms. The molecule has 3 heterocycles. The zero-order chi connectivity index (χ0) is 19.5. The number of piperidine rings is 1. The number of likely N-dealkylation sites (tertiary alicyclic amines) is 1. The van der Waals surface area contributed by atoms with E-state index in [9.17, 15) is 5.11 Å². The van der Waals surface area contributed by atoms with Gasteiger partial charge in [-0.3, -0.25) is 0 Å². The van der Waals surface area contributed by atoms with Gasteiger partial charge in [0, 0.05) is 36.7 Å². The Kier molecular flexibility index (Phi) is 6.19. The van der Waals surface area contributed by atoms with Crippen molar-refractivity contribution >= 4 is 32.7 Å². The first-order valence-electron chi connectivity index (χ1n) is 10.3. The minimum absolute atomic E-state index is 0.302. The second-order valence-corrected chi connectivity index (χ2v) is 8.88. The fraction of sp³-hybridized carbons (Fsp3) is 0.619. The SMILES string of the molecule is N#Cc1cc2c(Br)c(NC3CCC(N4CCCC(CCO)C4)CC3)ncc2o1. The molecular weight excluding hydrogens is 420 g/mol. The monoisotopic (exact) mass is 446 g/mol. The van der Waals surface area contributed by atoms with Crippen LogP contribution in [-0.4, -0.2) is 46.8 Å². The Morgan fingerprint density at radius 1 is 1.32 bits per heavy atom. The molecule has 150 valence electrons. The maximum Gasteiger partial charge on any atom is 0.204 e. The van der Waals surface area contributed by atoms with Crippen LogP contribution in [0.25, 0.3) is 11.0 Å². The number of halogens is 1. The molecule has 4 rings (SSSR count). The summed E-state index contributed by atoms with van der Waals surface area (Å²) in [6.07, 6.45) is 9.81. The van der Waals surface area contributed by atoms with Gasteiger partial charge in [-0.25, -0.2) is 4.98 Å². The first-order chi connectivity index (χ1) is 13.7. The quantitative estimate of drug-likeness (QED) is 0.712. The molecule has 1 aliphatic heterocycles. The van der Waals surface area contributed by atoms with E-state index in [2.05, 4.69) is 31.1 Å². The molecule has 7 heteroatoms. The van der Waals surface area contributed by atoms with Crippen molar-refractivity contribution in [3.05, 3.63) is 22.5 Å². The second kappa shape index (κ2) is 8.81. The summed E-state index contributed by atoms with van der Waals surface area (Å²) in [5.41, 5.74) is 0.625. The van der Waals surface area contributed by atoms with Crippen molar-refractivity contribution in [3.63, 3.8) is 0 Å². The van der Waals surface area contributed by atoms with Crippen molar-refractivity contribution in [2.24, 2.45) is 5.92 Å². The van der Waals surface area contributed by atoms with Gasteiger partial charge in [-0.15, -0.1) is 0 Å². The summed E-state index contributed by atoms with van der Waals surface area (Å²) < 4.78 is 6.31. The number of nitrogens with zero attached hydrogens (tertiary/aromatic N) is 3. The average molecular weight is 447 g/mol. The number of anilines is 1. The lowest BCUT2D eigenvalue weighted by Gasteiger charge is -2.41. The molecule has 2 aliphatic rings. The van der Waals surface area contributed by atoms with E-state index in [0.29, 0.717) is 36.0 Å². The Morgan fingerprint density at radius 2 is 2.14 bits per heavy atom. The number of aliphatic hydroxyl groups excluding tert-OH is 1. The predicted octanol–water partition coefficient (Wildman–Crippen LogP) is 4.28. The van der Waals surface area contributed by atoms with E-state index < -0.39 is 0 Å². The van der Waals surface area contributed by atoms with Crippen LogP contribution in [0.3, 0.4) is 0 Å². The molecule has 1 saturated carbocycles. The fourth-order valence-corrected chi connectivity index (χ4v) is 5.29. The lowest BCUT2D eigenvalue weighted by atomic mass is 9.87. The van der Waals surface area contributed by atoms with Crippen LogP contribution in [0.1, 0.15) is 50.7 Å². The topological polar surface area (TPSA) is 85.3 Å². The molecule has 1 saturated heterocycles. The van der Waals surface area contributed by atoms with E-state index in [1.54, 1.807) is 12.3 Å². The van der Waals surface area contributed by atoms with Gasteiger partial charge >= 0.3 is 0 Å². The third-order valence-electron chi connectivity index (χ3n) is 6.27. The number of hydrogen-bond donors (Lipinski definition) is 2. The van der Waals surface area contributed by atoms with Crippen LogP contribution in [0.2, 0.25) is 0 Å². The van der Waals surface area contributed by atoms with Crippen LogP contribution in [0, 0.1) is 17.2 Å². The molecule has 2 fully saturated rings. The van der Waals surface area contributed by atoms with Gasteiger partial charge < -0.3 is 19.7 Å². The first-order valence-corrected chi connectivity index (χ1v) is 11.1.